The molecule has 0 saturated carbocycles. The van der Waals surface area contributed by atoms with Gasteiger partial charge < -0.3 is 9.67 Å². The van der Waals surface area contributed by atoms with E-state index >= 15 is 0 Å². The van der Waals surface area contributed by atoms with Crippen LogP contribution in [-0.2, 0) is 5.60 Å². The maximum absolute atomic E-state index is 11.7. The van der Waals surface area contributed by atoms with Gasteiger partial charge in [-0.05, 0) is 31.9 Å². The van der Waals surface area contributed by atoms with E-state index < -0.39 is 5.60 Å². The predicted molar refractivity (Wildman–Crippen MR) is 92.3 cm³/mol. The molecule has 0 spiro atoms. The molecule has 118 valence electrons. The summed E-state index contributed by atoms with van der Waals surface area (Å²) in [6.07, 6.45) is 5.37. The van der Waals surface area contributed by atoms with Gasteiger partial charge in [0.05, 0.1) is 12.4 Å². The number of aliphatic hydroxyl groups is 1. The molecule has 2 aromatic carbocycles. The standard InChI is InChI=1S/C20H22N2O/c1-15-4-8-18(9-5-15)20(23,17(3)22-13-12-21-14-22)19-10-6-16(2)7-11-19/h4-14,17,23H,1-3H3/t17-/m0/s1. The van der Waals surface area contributed by atoms with E-state index in [1.807, 2.05) is 80.1 Å². The Kier molecular flexibility index (Phi) is 4.05. The Morgan fingerprint density at radius 3 is 1.78 bits per heavy atom. The molecular weight excluding hydrogens is 284 g/mol. The van der Waals surface area contributed by atoms with Gasteiger partial charge in [0.15, 0.2) is 0 Å². The Bertz CT molecular complexity index is 713. The Morgan fingerprint density at radius 1 is 0.913 bits per heavy atom. The van der Waals surface area contributed by atoms with Gasteiger partial charge >= 0.3 is 0 Å². The number of benzene rings is 2. The molecule has 0 radical (unpaired) electrons. The van der Waals surface area contributed by atoms with Gasteiger partial charge in [-0.3, -0.25) is 0 Å². The number of nitrogens with zero attached hydrogens (tertiary/aromatic N) is 2. The topological polar surface area (TPSA) is 38.0 Å². The summed E-state index contributed by atoms with van der Waals surface area (Å²) in [6.45, 7) is 6.11. The monoisotopic (exact) mass is 306 g/mol. The summed E-state index contributed by atoms with van der Waals surface area (Å²) in [7, 11) is 0. The van der Waals surface area contributed by atoms with Crippen molar-refractivity contribution in [1.82, 2.24) is 9.55 Å². The van der Waals surface area contributed by atoms with E-state index in [1.165, 1.54) is 11.1 Å². The Morgan fingerprint density at radius 2 is 1.39 bits per heavy atom. The normalized spacial score (nSPS) is 13.0. The second-order valence-electron chi connectivity index (χ2n) is 6.18. The summed E-state index contributed by atoms with van der Waals surface area (Å²) in [4.78, 5) is 4.12. The van der Waals surface area contributed by atoms with Gasteiger partial charge in [0.2, 0.25) is 0 Å². The van der Waals surface area contributed by atoms with E-state index in [0.717, 1.165) is 11.1 Å². The highest BCUT2D eigenvalue weighted by Crippen LogP contribution is 2.39. The first kappa shape index (κ1) is 15.5. The molecule has 0 saturated heterocycles. The van der Waals surface area contributed by atoms with Gasteiger partial charge in [0.1, 0.15) is 5.60 Å². The molecule has 0 aliphatic carbocycles. The zero-order valence-electron chi connectivity index (χ0n) is 13.8. The van der Waals surface area contributed by atoms with Crippen LogP contribution in [0.25, 0.3) is 0 Å². The third-order valence-electron chi connectivity index (χ3n) is 4.56. The van der Waals surface area contributed by atoms with Crippen molar-refractivity contribution in [2.24, 2.45) is 0 Å². The van der Waals surface area contributed by atoms with Crippen molar-refractivity contribution in [3.63, 3.8) is 0 Å². The van der Waals surface area contributed by atoms with Crippen LogP contribution in [0.2, 0.25) is 0 Å². The summed E-state index contributed by atoms with van der Waals surface area (Å²) in [5.74, 6) is 0. The minimum Gasteiger partial charge on any atom is -0.378 e. The molecule has 0 aliphatic rings. The van der Waals surface area contributed by atoms with E-state index in [0.29, 0.717) is 0 Å². The lowest BCUT2D eigenvalue weighted by Gasteiger charge is -2.36. The van der Waals surface area contributed by atoms with Crippen molar-refractivity contribution in [2.45, 2.75) is 32.4 Å². The van der Waals surface area contributed by atoms with Crippen molar-refractivity contribution >= 4 is 0 Å². The highest BCUT2D eigenvalue weighted by molar-refractivity contribution is 5.39. The summed E-state index contributed by atoms with van der Waals surface area (Å²) in [6, 6.07) is 16.0. The fraction of sp³-hybridized carbons (Fsp3) is 0.250. The Labute approximate surface area is 137 Å². The van der Waals surface area contributed by atoms with E-state index in [-0.39, 0.29) is 6.04 Å². The largest absolute Gasteiger partial charge is 0.378 e. The van der Waals surface area contributed by atoms with Crippen LogP contribution in [0.15, 0.2) is 67.3 Å². The fourth-order valence-corrected chi connectivity index (χ4v) is 2.98. The van der Waals surface area contributed by atoms with Gasteiger partial charge in [0, 0.05) is 12.4 Å². The summed E-state index contributed by atoms with van der Waals surface area (Å²) >= 11 is 0. The van der Waals surface area contributed by atoms with E-state index in [1.54, 1.807) is 12.5 Å². The average Bonchev–Trinajstić information content (AvgIpc) is 3.09. The maximum Gasteiger partial charge on any atom is 0.135 e. The van der Waals surface area contributed by atoms with Crippen molar-refractivity contribution in [3.8, 4) is 0 Å². The van der Waals surface area contributed by atoms with Crippen LogP contribution >= 0.6 is 0 Å². The molecule has 0 aliphatic heterocycles. The minimum absolute atomic E-state index is 0.185. The number of imidazole rings is 1. The summed E-state index contributed by atoms with van der Waals surface area (Å²) < 4.78 is 1.94. The Hall–Kier alpha value is -2.39. The number of hydrogen-bond donors (Lipinski definition) is 1. The van der Waals surface area contributed by atoms with Crippen molar-refractivity contribution < 1.29 is 5.11 Å². The number of hydrogen-bond acceptors (Lipinski definition) is 2. The number of rotatable bonds is 4. The average molecular weight is 306 g/mol. The third-order valence-corrected chi connectivity index (χ3v) is 4.56. The molecule has 3 heteroatoms. The number of aryl methyl sites for hydroxylation is 2. The molecule has 3 nitrogen and oxygen atoms in total. The lowest BCUT2D eigenvalue weighted by Crippen LogP contribution is -2.36. The fourth-order valence-electron chi connectivity index (χ4n) is 2.98. The zero-order chi connectivity index (χ0) is 16.4. The lowest BCUT2D eigenvalue weighted by molar-refractivity contribution is 0.0295. The molecule has 1 heterocycles. The lowest BCUT2D eigenvalue weighted by atomic mass is 9.80. The molecule has 1 atom stereocenters. The first-order valence-electron chi connectivity index (χ1n) is 7.86. The molecule has 0 unspecified atom stereocenters. The first-order chi connectivity index (χ1) is 11.0. The van der Waals surface area contributed by atoms with Crippen molar-refractivity contribution in [2.75, 3.05) is 0 Å². The van der Waals surface area contributed by atoms with Crippen LogP contribution in [0.3, 0.4) is 0 Å². The molecule has 3 aromatic rings. The third kappa shape index (κ3) is 2.80. The molecule has 1 N–H and O–H groups in total. The zero-order valence-corrected chi connectivity index (χ0v) is 13.8. The summed E-state index contributed by atoms with van der Waals surface area (Å²) in [5, 5.41) is 11.7. The molecule has 1 aromatic heterocycles. The summed E-state index contributed by atoms with van der Waals surface area (Å²) in [5.41, 5.74) is 2.99. The first-order valence-corrected chi connectivity index (χ1v) is 7.86. The van der Waals surface area contributed by atoms with Crippen LogP contribution in [0, 0.1) is 13.8 Å². The van der Waals surface area contributed by atoms with Crippen LogP contribution in [0.5, 0.6) is 0 Å². The molecule has 23 heavy (non-hydrogen) atoms. The van der Waals surface area contributed by atoms with Gasteiger partial charge in [-0.1, -0.05) is 59.7 Å². The smallest absolute Gasteiger partial charge is 0.135 e. The molecular formula is C20H22N2O. The molecule has 3 rings (SSSR count). The number of aromatic nitrogens is 2. The highest BCUT2D eigenvalue weighted by Gasteiger charge is 2.38. The maximum atomic E-state index is 11.7. The second kappa shape index (κ2) is 6.01. The van der Waals surface area contributed by atoms with Gasteiger partial charge in [-0.15, -0.1) is 0 Å². The predicted octanol–water partition coefficient (Wildman–Crippen LogP) is 4.00. The van der Waals surface area contributed by atoms with E-state index in [4.69, 9.17) is 0 Å². The van der Waals surface area contributed by atoms with Crippen LogP contribution in [0.1, 0.15) is 35.2 Å². The van der Waals surface area contributed by atoms with E-state index in [9.17, 15) is 5.11 Å². The SMILES string of the molecule is Cc1ccc(C(O)(c2ccc(C)cc2)[C@H](C)n2ccnc2)cc1. The second-order valence-corrected chi connectivity index (χ2v) is 6.18. The molecule has 0 amide bonds. The van der Waals surface area contributed by atoms with Gasteiger partial charge in [0.25, 0.3) is 0 Å². The van der Waals surface area contributed by atoms with Gasteiger partial charge in [-0.2, -0.15) is 0 Å². The van der Waals surface area contributed by atoms with Crippen LogP contribution < -0.4 is 0 Å². The quantitative estimate of drug-likeness (QED) is 0.791. The van der Waals surface area contributed by atoms with Crippen LogP contribution in [-0.4, -0.2) is 14.7 Å². The van der Waals surface area contributed by atoms with Crippen molar-refractivity contribution in [1.29, 1.82) is 0 Å². The van der Waals surface area contributed by atoms with E-state index in [2.05, 4.69) is 4.98 Å². The highest BCUT2D eigenvalue weighted by atomic mass is 16.3. The minimum atomic E-state index is -1.12. The molecule has 0 fully saturated rings. The van der Waals surface area contributed by atoms with Gasteiger partial charge in [-0.25, -0.2) is 4.98 Å². The van der Waals surface area contributed by atoms with Crippen LogP contribution in [0.4, 0.5) is 0 Å². The Balaban J connectivity index is 2.16. The molecule has 0 bridgehead atoms. The van der Waals surface area contributed by atoms with Crippen molar-refractivity contribution in [3.05, 3.63) is 89.5 Å².